The maximum atomic E-state index is 12.3. The topological polar surface area (TPSA) is 69.3 Å². The van der Waals surface area contributed by atoms with E-state index in [-0.39, 0.29) is 11.4 Å². The molecule has 0 bridgehead atoms. The minimum atomic E-state index is -0.155. The highest BCUT2D eigenvalue weighted by molar-refractivity contribution is 5.92. The van der Waals surface area contributed by atoms with Crippen LogP contribution in [0.4, 0.5) is 0 Å². The van der Waals surface area contributed by atoms with Gasteiger partial charge in [0, 0.05) is 18.8 Å². The van der Waals surface area contributed by atoms with Crippen LogP contribution in [-0.4, -0.2) is 28.8 Å². The molecule has 138 valence electrons. The lowest BCUT2D eigenvalue weighted by molar-refractivity contribution is 0.0911. The molecular weight excluding hydrogens is 318 g/mol. The van der Waals surface area contributed by atoms with Crippen LogP contribution >= 0.6 is 0 Å². The average molecular weight is 347 g/mol. The number of hydrogen-bond donors (Lipinski definition) is 1. The third-order valence-electron chi connectivity index (χ3n) is 3.77. The van der Waals surface area contributed by atoms with Crippen LogP contribution < -0.4 is 5.32 Å². The van der Waals surface area contributed by atoms with E-state index in [2.05, 4.69) is 45.0 Å². The van der Waals surface area contributed by atoms with E-state index in [1.807, 2.05) is 22.9 Å². The second-order valence-electron chi connectivity index (χ2n) is 7.43. The van der Waals surface area contributed by atoms with Crippen LogP contribution in [0.3, 0.4) is 0 Å². The average Bonchev–Trinajstić information content (AvgIpc) is 3.18. The van der Waals surface area contributed by atoms with Crippen molar-refractivity contribution in [2.75, 3.05) is 13.2 Å². The number of carbonyl (C=O) groups is 1. The Morgan fingerprint density at radius 2 is 2.16 bits per heavy atom. The van der Waals surface area contributed by atoms with Crippen LogP contribution in [0.25, 0.3) is 0 Å². The number of aromatic nitrogens is 2. The molecule has 2 aromatic heterocycles. The van der Waals surface area contributed by atoms with E-state index in [1.165, 1.54) is 0 Å². The summed E-state index contributed by atoms with van der Waals surface area (Å²) in [4.78, 5) is 12.3. The summed E-state index contributed by atoms with van der Waals surface area (Å²) in [6.07, 6.45) is 2.37. The number of ether oxygens (including phenoxy) is 1. The van der Waals surface area contributed by atoms with Gasteiger partial charge in [-0.25, -0.2) is 0 Å². The highest BCUT2D eigenvalue weighted by Crippen LogP contribution is 2.23. The molecule has 0 fully saturated rings. The molecule has 25 heavy (non-hydrogen) atoms. The fourth-order valence-electron chi connectivity index (χ4n) is 2.49. The summed E-state index contributed by atoms with van der Waals surface area (Å²) in [5.74, 6) is 0.970. The SMILES string of the molecule is CC(C)c1cc(C(=O)NCCCOCc2ccco2)nn1C(C)(C)C. The minimum Gasteiger partial charge on any atom is -0.467 e. The Balaban J connectivity index is 1.80. The van der Waals surface area contributed by atoms with Gasteiger partial charge in [-0.05, 0) is 51.3 Å². The smallest absolute Gasteiger partial charge is 0.271 e. The molecule has 0 spiro atoms. The molecule has 0 aliphatic carbocycles. The highest BCUT2D eigenvalue weighted by Gasteiger charge is 2.23. The number of amides is 1. The molecule has 0 atom stereocenters. The summed E-state index contributed by atoms with van der Waals surface area (Å²) in [7, 11) is 0. The quantitative estimate of drug-likeness (QED) is 0.739. The second kappa shape index (κ2) is 8.34. The molecule has 0 aliphatic heterocycles. The van der Waals surface area contributed by atoms with E-state index in [9.17, 15) is 4.79 Å². The Morgan fingerprint density at radius 1 is 1.40 bits per heavy atom. The van der Waals surface area contributed by atoms with Gasteiger partial charge >= 0.3 is 0 Å². The largest absolute Gasteiger partial charge is 0.467 e. The number of nitrogens with zero attached hydrogens (tertiary/aromatic N) is 2. The number of hydrogen-bond acceptors (Lipinski definition) is 4. The van der Waals surface area contributed by atoms with Gasteiger partial charge < -0.3 is 14.5 Å². The number of furan rings is 1. The van der Waals surface area contributed by atoms with E-state index >= 15 is 0 Å². The molecule has 1 amide bonds. The second-order valence-corrected chi connectivity index (χ2v) is 7.43. The van der Waals surface area contributed by atoms with Crippen molar-refractivity contribution in [3.63, 3.8) is 0 Å². The number of rotatable bonds is 8. The molecule has 0 aromatic carbocycles. The maximum absolute atomic E-state index is 12.3. The van der Waals surface area contributed by atoms with Crippen molar-refractivity contribution in [2.24, 2.45) is 0 Å². The first-order valence-corrected chi connectivity index (χ1v) is 8.78. The van der Waals surface area contributed by atoms with Gasteiger partial charge in [-0.2, -0.15) is 5.10 Å². The van der Waals surface area contributed by atoms with Gasteiger partial charge in [0.2, 0.25) is 0 Å². The lowest BCUT2D eigenvalue weighted by Gasteiger charge is -2.23. The Kier molecular flexibility index (Phi) is 6.42. The van der Waals surface area contributed by atoms with Crippen molar-refractivity contribution >= 4 is 5.91 Å². The molecule has 0 unspecified atom stereocenters. The molecule has 0 saturated carbocycles. The zero-order valence-corrected chi connectivity index (χ0v) is 15.8. The Labute approximate surface area is 149 Å². The number of nitrogens with one attached hydrogen (secondary N) is 1. The van der Waals surface area contributed by atoms with Crippen LogP contribution in [0.2, 0.25) is 0 Å². The first-order valence-electron chi connectivity index (χ1n) is 8.78. The molecule has 1 N–H and O–H groups in total. The number of carbonyl (C=O) groups excluding carboxylic acids is 1. The van der Waals surface area contributed by atoms with Gasteiger partial charge in [0.15, 0.2) is 0 Å². The Bertz CT molecular complexity index is 667. The fraction of sp³-hybridized carbons (Fsp3) is 0.579. The zero-order chi connectivity index (χ0) is 18.4. The lowest BCUT2D eigenvalue weighted by atomic mass is 10.1. The molecule has 2 heterocycles. The van der Waals surface area contributed by atoms with E-state index in [4.69, 9.17) is 9.15 Å². The molecule has 6 nitrogen and oxygen atoms in total. The molecule has 0 aliphatic rings. The molecular formula is C19H29N3O3. The van der Waals surface area contributed by atoms with Crippen LogP contribution in [0, 0.1) is 0 Å². The fourth-order valence-corrected chi connectivity index (χ4v) is 2.49. The highest BCUT2D eigenvalue weighted by atomic mass is 16.5. The van der Waals surface area contributed by atoms with E-state index in [0.29, 0.717) is 31.4 Å². The summed E-state index contributed by atoms with van der Waals surface area (Å²) >= 11 is 0. The van der Waals surface area contributed by atoms with Crippen LogP contribution in [-0.2, 0) is 16.9 Å². The van der Waals surface area contributed by atoms with Gasteiger partial charge in [-0.3, -0.25) is 9.48 Å². The van der Waals surface area contributed by atoms with Crippen molar-refractivity contribution in [1.82, 2.24) is 15.1 Å². The van der Waals surface area contributed by atoms with Crippen molar-refractivity contribution in [3.05, 3.63) is 41.6 Å². The lowest BCUT2D eigenvalue weighted by Crippen LogP contribution is -2.28. The van der Waals surface area contributed by atoms with Crippen molar-refractivity contribution in [1.29, 1.82) is 0 Å². The first kappa shape index (κ1) is 19.2. The van der Waals surface area contributed by atoms with E-state index in [0.717, 1.165) is 17.9 Å². The summed E-state index contributed by atoms with van der Waals surface area (Å²) in [5.41, 5.74) is 1.38. The minimum absolute atomic E-state index is 0.143. The molecule has 6 heteroatoms. The molecule has 2 rings (SSSR count). The van der Waals surface area contributed by atoms with Crippen molar-refractivity contribution in [3.8, 4) is 0 Å². The summed E-state index contributed by atoms with van der Waals surface area (Å²) in [6, 6.07) is 5.60. The monoisotopic (exact) mass is 347 g/mol. The Morgan fingerprint density at radius 3 is 2.72 bits per heavy atom. The summed E-state index contributed by atoms with van der Waals surface area (Å²) in [6.45, 7) is 12.0. The third kappa shape index (κ3) is 5.46. The molecule has 0 radical (unpaired) electrons. The van der Waals surface area contributed by atoms with Crippen molar-refractivity contribution < 1.29 is 13.9 Å². The normalized spacial score (nSPS) is 11.9. The van der Waals surface area contributed by atoms with Crippen LogP contribution in [0.1, 0.15) is 68.9 Å². The zero-order valence-electron chi connectivity index (χ0n) is 15.8. The maximum Gasteiger partial charge on any atom is 0.271 e. The van der Waals surface area contributed by atoms with Gasteiger partial charge in [-0.1, -0.05) is 13.8 Å². The molecule has 0 saturated heterocycles. The van der Waals surface area contributed by atoms with Gasteiger partial charge in [0.25, 0.3) is 5.91 Å². The van der Waals surface area contributed by atoms with Gasteiger partial charge in [0.05, 0.1) is 11.8 Å². The van der Waals surface area contributed by atoms with E-state index < -0.39 is 0 Å². The predicted octanol–water partition coefficient (Wildman–Crippen LogP) is 3.69. The first-order chi connectivity index (χ1) is 11.8. The van der Waals surface area contributed by atoms with Gasteiger partial charge in [0.1, 0.15) is 18.1 Å². The van der Waals surface area contributed by atoms with Crippen LogP contribution in [0.5, 0.6) is 0 Å². The Hall–Kier alpha value is -2.08. The van der Waals surface area contributed by atoms with Crippen molar-refractivity contribution in [2.45, 2.75) is 59.1 Å². The standard InChI is InChI=1S/C19H29N3O3/c1-14(2)17-12-16(21-22(17)19(3,4)5)18(23)20-9-7-10-24-13-15-8-6-11-25-15/h6,8,11-12,14H,7,9-10,13H2,1-5H3,(H,20,23). The third-order valence-corrected chi connectivity index (χ3v) is 3.77. The van der Waals surface area contributed by atoms with E-state index in [1.54, 1.807) is 6.26 Å². The summed E-state index contributed by atoms with van der Waals surface area (Å²) < 4.78 is 12.6. The predicted molar refractivity (Wildman–Crippen MR) is 96.6 cm³/mol. The van der Waals surface area contributed by atoms with Gasteiger partial charge in [-0.15, -0.1) is 0 Å². The molecule has 2 aromatic rings. The summed E-state index contributed by atoms with van der Waals surface area (Å²) in [5, 5.41) is 7.42. The van der Waals surface area contributed by atoms with Crippen LogP contribution in [0.15, 0.2) is 28.9 Å².